The molecule has 0 heterocycles. The van der Waals surface area contributed by atoms with E-state index in [1.165, 1.54) is 14.2 Å². The molecule has 0 spiro atoms. The van der Waals surface area contributed by atoms with Crippen molar-refractivity contribution in [3.63, 3.8) is 0 Å². The van der Waals surface area contributed by atoms with Crippen LogP contribution in [0.15, 0.2) is 0 Å². The molecule has 0 saturated carbocycles. The van der Waals surface area contributed by atoms with E-state index in [9.17, 15) is 19.2 Å². The predicted molar refractivity (Wildman–Crippen MR) is 137 cm³/mol. The third-order valence-corrected chi connectivity index (χ3v) is 9.45. The van der Waals surface area contributed by atoms with E-state index in [-0.39, 0.29) is 11.6 Å². The lowest BCUT2D eigenvalue weighted by molar-refractivity contribution is -0.169. The van der Waals surface area contributed by atoms with Crippen molar-refractivity contribution in [1.29, 1.82) is 0 Å². The molecule has 0 fully saturated rings. The molecule has 11 nitrogen and oxygen atoms in total. The minimum atomic E-state index is -2.05. The van der Waals surface area contributed by atoms with Gasteiger partial charge in [-0.15, -0.1) is 0 Å². The van der Waals surface area contributed by atoms with Gasteiger partial charge in [-0.2, -0.15) is 0 Å². The average molecular weight is 538 g/mol. The van der Waals surface area contributed by atoms with E-state index < -0.39 is 62.1 Å². The van der Waals surface area contributed by atoms with E-state index in [1.807, 2.05) is 0 Å². The van der Waals surface area contributed by atoms with Gasteiger partial charge < -0.3 is 33.8 Å². The number of carbonyl (C=O) groups is 4. The van der Waals surface area contributed by atoms with Crippen LogP contribution >= 0.6 is 0 Å². The predicted octanol–water partition coefficient (Wildman–Crippen LogP) is 3.18. The minimum absolute atomic E-state index is 0.00159. The molecular weight excluding hydrogens is 490 g/mol. The summed E-state index contributed by atoms with van der Waals surface area (Å²) in [5.41, 5.74) is -1.31. The molecular formula is C24H47NO10Si. The van der Waals surface area contributed by atoms with Crippen LogP contribution in [0.4, 0.5) is 4.79 Å². The van der Waals surface area contributed by atoms with Gasteiger partial charge in [0.1, 0.15) is 11.2 Å². The van der Waals surface area contributed by atoms with E-state index in [0.29, 0.717) is 0 Å². The summed E-state index contributed by atoms with van der Waals surface area (Å²) in [4.78, 5) is 46.1. The molecule has 0 aliphatic rings. The highest BCUT2D eigenvalue weighted by molar-refractivity contribution is 6.74. The Morgan fingerprint density at radius 1 is 0.778 bits per heavy atom. The molecule has 0 rings (SSSR count). The molecule has 0 saturated heterocycles. The quantitative estimate of drug-likeness (QED) is 0.205. The van der Waals surface area contributed by atoms with Crippen LogP contribution in [0.2, 0.25) is 18.1 Å². The summed E-state index contributed by atoms with van der Waals surface area (Å²) in [6.07, 6.45) is -0.771. The van der Waals surface area contributed by atoms with Crippen LogP contribution in [0.1, 0.15) is 62.3 Å². The Labute approximate surface area is 216 Å². The highest BCUT2D eigenvalue weighted by atomic mass is 28.4. The number of rotatable bonds is 8. The van der Waals surface area contributed by atoms with Crippen molar-refractivity contribution in [3.8, 4) is 0 Å². The first-order valence-corrected chi connectivity index (χ1v) is 14.5. The zero-order chi connectivity index (χ0) is 29.1. The lowest BCUT2D eigenvalue weighted by Gasteiger charge is -2.36. The largest absolute Gasteiger partial charge is 0.468 e. The lowest BCUT2D eigenvalue weighted by Crippen LogP contribution is -2.46. The van der Waals surface area contributed by atoms with E-state index in [2.05, 4.69) is 43.9 Å². The fraction of sp³-hybridized carbons (Fsp3) is 0.833. The first kappa shape index (κ1) is 36.0. The van der Waals surface area contributed by atoms with Crippen molar-refractivity contribution >= 4 is 32.3 Å². The Morgan fingerprint density at radius 2 is 1.22 bits per heavy atom. The van der Waals surface area contributed by atoms with Gasteiger partial charge in [-0.1, -0.05) is 20.8 Å². The summed E-state index contributed by atoms with van der Waals surface area (Å²) >= 11 is 0. The van der Waals surface area contributed by atoms with Crippen LogP contribution in [-0.4, -0.2) is 82.1 Å². The van der Waals surface area contributed by atoms with Crippen LogP contribution < -0.4 is 5.32 Å². The van der Waals surface area contributed by atoms with Gasteiger partial charge in [0.25, 0.3) is 0 Å². The molecule has 0 bridgehead atoms. The summed E-state index contributed by atoms with van der Waals surface area (Å²) < 4.78 is 25.2. The molecule has 36 heavy (non-hydrogen) atoms. The number of amides is 1. The van der Waals surface area contributed by atoms with Crippen LogP contribution in [-0.2, 0) is 37.8 Å². The topological polar surface area (TPSA) is 147 Å². The third kappa shape index (κ3) is 15.0. The Kier molecular flexibility index (Phi) is 14.5. The molecule has 1 unspecified atom stereocenters. The number of hydrogen-bond acceptors (Lipinski definition) is 10. The molecule has 0 aliphatic heterocycles. The second-order valence-electron chi connectivity index (χ2n) is 11.6. The van der Waals surface area contributed by atoms with Gasteiger partial charge in [0.15, 0.2) is 20.3 Å². The fourth-order valence-electron chi connectivity index (χ4n) is 2.03. The van der Waals surface area contributed by atoms with Crippen molar-refractivity contribution in [2.45, 2.75) is 97.7 Å². The standard InChI is InChI=1S/C15H30O5Si.C9H17NO5/c1-14(2,3)20-13(17)11(12(16)18-7)10-19-21(8,9)15(4,5)6;1-9(2,3)15-8(13)10-6(5-11)7(12)14-4/h11H,10H2,1-9H3;6,11H,5H2,1-4H3,(H,10,13)/t;6-/m.1/s1. The van der Waals surface area contributed by atoms with E-state index in [1.54, 1.807) is 41.5 Å². The van der Waals surface area contributed by atoms with Crippen molar-refractivity contribution in [2.75, 3.05) is 27.4 Å². The highest BCUT2D eigenvalue weighted by Gasteiger charge is 2.40. The smallest absolute Gasteiger partial charge is 0.408 e. The number of nitrogens with one attached hydrogen (secondary N) is 1. The number of methoxy groups -OCH3 is 2. The lowest BCUT2D eigenvalue weighted by atomic mass is 10.1. The van der Waals surface area contributed by atoms with E-state index in [4.69, 9.17) is 23.7 Å². The van der Waals surface area contributed by atoms with Crippen molar-refractivity contribution in [2.24, 2.45) is 5.92 Å². The van der Waals surface area contributed by atoms with Gasteiger partial charge in [0, 0.05) is 0 Å². The van der Waals surface area contributed by atoms with E-state index >= 15 is 0 Å². The number of carbonyl (C=O) groups excluding carboxylic acids is 4. The second kappa shape index (κ2) is 14.5. The van der Waals surface area contributed by atoms with Gasteiger partial charge in [-0.25, -0.2) is 9.59 Å². The van der Waals surface area contributed by atoms with Crippen LogP contribution in [0.5, 0.6) is 0 Å². The van der Waals surface area contributed by atoms with Gasteiger partial charge in [0.2, 0.25) is 0 Å². The third-order valence-electron chi connectivity index (χ3n) is 4.95. The number of esters is 3. The Bertz CT molecular complexity index is 733. The fourth-order valence-corrected chi connectivity index (χ4v) is 3.04. The van der Waals surface area contributed by atoms with Crippen molar-refractivity contribution < 1.29 is 47.7 Å². The zero-order valence-electron chi connectivity index (χ0n) is 24.2. The molecule has 2 N–H and O–H groups in total. The molecule has 2 atom stereocenters. The molecule has 12 heteroatoms. The Balaban J connectivity index is 0. The monoisotopic (exact) mass is 537 g/mol. The highest BCUT2D eigenvalue weighted by Crippen LogP contribution is 2.36. The van der Waals surface area contributed by atoms with Gasteiger partial charge in [-0.05, 0) is 59.7 Å². The molecule has 0 aliphatic carbocycles. The number of hydrogen-bond donors (Lipinski definition) is 2. The van der Waals surface area contributed by atoms with Gasteiger partial charge in [-0.3, -0.25) is 9.59 Å². The first-order chi connectivity index (χ1) is 16.0. The summed E-state index contributed by atoms with van der Waals surface area (Å²) in [5, 5.41) is 11.0. The van der Waals surface area contributed by atoms with Crippen LogP contribution in [0.3, 0.4) is 0 Å². The average Bonchev–Trinajstić information content (AvgIpc) is 2.68. The van der Waals surface area contributed by atoms with E-state index in [0.717, 1.165) is 0 Å². The number of aliphatic hydroxyl groups is 1. The second-order valence-corrected chi connectivity index (χ2v) is 16.4. The summed E-state index contributed by atoms with van der Waals surface area (Å²) in [7, 11) is 0.378. The normalized spacial score (nSPS) is 13.8. The van der Waals surface area contributed by atoms with Gasteiger partial charge >= 0.3 is 24.0 Å². The first-order valence-electron chi connectivity index (χ1n) is 11.6. The molecule has 0 aromatic carbocycles. The Hall–Kier alpha value is -2.18. The van der Waals surface area contributed by atoms with Crippen molar-refractivity contribution in [3.05, 3.63) is 0 Å². The zero-order valence-corrected chi connectivity index (χ0v) is 25.2. The number of alkyl carbamates (subject to hydrolysis) is 1. The number of aliphatic hydroxyl groups excluding tert-OH is 1. The molecule has 212 valence electrons. The molecule has 0 aromatic rings. The maximum absolute atomic E-state index is 12.1. The van der Waals surface area contributed by atoms with Crippen molar-refractivity contribution in [1.82, 2.24) is 5.32 Å². The maximum atomic E-state index is 12.1. The summed E-state index contributed by atoms with van der Waals surface area (Å²) in [6.45, 7) is 20.2. The van der Waals surface area contributed by atoms with Gasteiger partial charge in [0.05, 0.1) is 27.4 Å². The minimum Gasteiger partial charge on any atom is -0.468 e. The Morgan fingerprint density at radius 3 is 1.56 bits per heavy atom. The molecule has 0 radical (unpaired) electrons. The van der Waals surface area contributed by atoms with Crippen LogP contribution in [0, 0.1) is 5.92 Å². The maximum Gasteiger partial charge on any atom is 0.408 e. The van der Waals surface area contributed by atoms with Crippen LogP contribution in [0.25, 0.3) is 0 Å². The summed E-state index contributed by atoms with van der Waals surface area (Å²) in [5.74, 6) is -2.98. The number of ether oxygens (including phenoxy) is 4. The molecule has 1 amide bonds. The SMILES string of the molecule is COC(=O)C(CO[Si](C)(C)C(C)(C)C)C(=O)OC(C)(C)C.COC(=O)[C@@H](CO)NC(=O)OC(C)(C)C. The molecule has 0 aromatic heterocycles. The summed E-state index contributed by atoms with van der Waals surface area (Å²) in [6, 6.07) is -1.09.